The van der Waals surface area contributed by atoms with E-state index in [1.165, 1.54) is 15.3 Å². The molecule has 0 aliphatic carbocycles. The second-order valence-corrected chi connectivity index (χ2v) is 4.48. The van der Waals surface area contributed by atoms with Crippen LogP contribution in [0.1, 0.15) is 45.2 Å². The van der Waals surface area contributed by atoms with Crippen LogP contribution in [0.25, 0.3) is 10.4 Å². The second kappa shape index (κ2) is 9.84. The van der Waals surface area contributed by atoms with Gasteiger partial charge >= 0.3 is 0 Å². The minimum absolute atomic E-state index is 1.07. The van der Waals surface area contributed by atoms with Gasteiger partial charge in [0.05, 0.1) is 0 Å². The average Bonchev–Trinajstić information content (AvgIpc) is 2.93. The van der Waals surface area contributed by atoms with E-state index in [-0.39, 0.29) is 0 Å². The van der Waals surface area contributed by atoms with E-state index < -0.39 is 0 Å². The van der Waals surface area contributed by atoms with Crippen molar-refractivity contribution in [2.75, 3.05) is 0 Å². The number of thiophene rings is 1. The Labute approximate surface area is 116 Å². The fourth-order valence-corrected chi connectivity index (χ4v) is 2.27. The zero-order valence-corrected chi connectivity index (χ0v) is 13.3. The molecule has 0 radical (unpaired) electrons. The Balaban J connectivity index is 0.000000659. The lowest BCUT2D eigenvalue weighted by Crippen LogP contribution is -1.79. The molecule has 0 fully saturated rings. The van der Waals surface area contributed by atoms with Crippen molar-refractivity contribution in [1.29, 1.82) is 0 Å². The van der Waals surface area contributed by atoms with Gasteiger partial charge in [-0.15, -0.1) is 11.3 Å². The molecule has 0 atom stereocenters. The number of nitrogens with zero attached hydrogens (tertiary/aromatic N) is 1. The standard InChI is InChI=1S/C12H13NS.2C2H6/c1-3-11-6-7-12(14-11)10-5-4-9(2)13-8-10;2*1-2/h4-8H,3H2,1-2H3;2*1-2H3. The van der Waals surface area contributed by atoms with Gasteiger partial charge in [0.15, 0.2) is 0 Å². The maximum atomic E-state index is 4.30. The largest absolute Gasteiger partial charge is 0.261 e. The summed E-state index contributed by atoms with van der Waals surface area (Å²) in [5.41, 5.74) is 2.29. The third-order valence-electron chi connectivity index (χ3n) is 2.21. The van der Waals surface area contributed by atoms with Crippen LogP contribution in [0.2, 0.25) is 0 Å². The second-order valence-electron chi connectivity index (χ2n) is 3.31. The summed E-state index contributed by atoms with van der Waals surface area (Å²) in [5, 5.41) is 0. The van der Waals surface area contributed by atoms with Crippen molar-refractivity contribution in [1.82, 2.24) is 4.98 Å². The van der Waals surface area contributed by atoms with E-state index in [1.54, 1.807) is 0 Å². The molecule has 2 aromatic rings. The normalized spacial score (nSPS) is 8.78. The molecule has 18 heavy (non-hydrogen) atoms. The maximum Gasteiger partial charge on any atom is 0.0373 e. The van der Waals surface area contributed by atoms with Gasteiger partial charge in [-0.25, -0.2) is 0 Å². The summed E-state index contributed by atoms with van der Waals surface area (Å²) in [5.74, 6) is 0. The van der Waals surface area contributed by atoms with Crippen molar-refractivity contribution >= 4 is 11.3 Å². The summed E-state index contributed by atoms with van der Waals surface area (Å²) in [7, 11) is 0. The molecule has 0 aliphatic rings. The van der Waals surface area contributed by atoms with Crippen LogP contribution in [0, 0.1) is 6.92 Å². The van der Waals surface area contributed by atoms with Gasteiger partial charge in [-0.05, 0) is 31.5 Å². The quantitative estimate of drug-likeness (QED) is 0.674. The third-order valence-corrected chi connectivity index (χ3v) is 3.48. The van der Waals surface area contributed by atoms with Gasteiger partial charge in [-0.3, -0.25) is 4.98 Å². The average molecular weight is 263 g/mol. The molecule has 2 rings (SSSR count). The van der Waals surface area contributed by atoms with Gasteiger partial charge in [0.2, 0.25) is 0 Å². The molecule has 100 valence electrons. The first-order valence-electron chi connectivity index (χ1n) is 6.81. The Morgan fingerprint density at radius 3 is 2.11 bits per heavy atom. The molecule has 0 aromatic carbocycles. The number of hydrogen-bond donors (Lipinski definition) is 0. The molecule has 2 aromatic heterocycles. The number of aromatic nitrogens is 1. The first-order chi connectivity index (χ1) is 8.79. The van der Waals surface area contributed by atoms with Gasteiger partial charge < -0.3 is 0 Å². The Morgan fingerprint density at radius 2 is 1.67 bits per heavy atom. The summed E-state index contributed by atoms with van der Waals surface area (Å²) in [4.78, 5) is 7.04. The highest BCUT2D eigenvalue weighted by atomic mass is 32.1. The number of rotatable bonds is 2. The SMILES string of the molecule is CC.CC.CCc1ccc(-c2ccc(C)nc2)s1. The Kier molecular flexibility index (Phi) is 9.21. The van der Waals surface area contributed by atoms with E-state index in [9.17, 15) is 0 Å². The van der Waals surface area contributed by atoms with Crippen molar-refractivity contribution in [2.45, 2.75) is 48.0 Å². The molecule has 0 bridgehead atoms. The molecular formula is C16H25NS. The first kappa shape index (κ1) is 16.9. The predicted molar refractivity (Wildman–Crippen MR) is 84.4 cm³/mol. The topological polar surface area (TPSA) is 12.9 Å². The van der Waals surface area contributed by atoms with Crippen molar-refractivity contribution in [3.8, 4) is 10.4 Å². The highest BCUT2D eigenvalue weighted by Crippen LogP contribution is 2.27. The monoisotopic (exact) mass is 263 g/mol. The Hall–Kier alpha value is -1.15. The summed E-state index contributed by atoms with van der Waals surface area (Å²) in [6.45, 7) is 12.2. The molecule has 0 spiro atoms. The van der Waals surface area contributed by atoms with Crippen LogP contribution in [-0.2, 0) is 6.42 Å². The molecule has 0 amide bonds. The summed E-state index contributed by atoms with van der Waals surface area (Å²) in [6, 6.07) is 8.56. The van der Waals surface area contributed by atoms with E-state index in [0.29, 0.717) is 0 Å². The predicted octanol–water partition coefficient (Wildman–Crippen LogP) is 5.73. The lowest BCUT2D eigenvalue weighted by atomic mass is 10.2. The smallest absolute Gasteiger partial charge is 0.0373 e. The van der Waals surface area contributed by atoms with E-state index in [2.05, 4.69) is 36.2 Å². The molecule has 0 unspecified atom stereocenters. The molecule has 0 aliphatic heterocycles. The van der Waals surface area contributed by atoms with E-state index >= 15 is 0 Å². The van der Waals surface area contributed by atoms with Crippen molar-refractivity contribution in [3.05, 3.63) is 41.0 Å². The third kappa shape index (κ3) is 5.01. The van der Waals surface area contributed by atoms with Gasteiger partial charge in [0.1, 0.15) is 0 Å². The van der Waals surface area contributed by atoms with Crippen LogP contribution in [0.3, 0.4) is 0 Å². The molecule has 0 saturated heterocycles. The molecule has 1 nitrogen and oxygen atoms in total. The lowest BCUT2D eigenvalue weighted by molar-refractivity contribution is 1.19. The molecule has 2 heterocycles. The Morgan fingerprint density at radius 1 is 1.00 bits per heavy atom. The molecular weight excluding hydrogens is 238 g/mol. The fraction of sp³-hybridized carbons (Fsp3) is 0.438. The highest BCUT2D eigenvalue weighted by molar-refractivity contribution is 7.15. The number of hydrogen-bond acceptors (Lipinski definition) is 2. The first-order valence-corrected chi connectivity index (χ1v) is 7.63. The van der Waals surface area contributed by atoms with Crippen LogP contribution in [-0.4, -0.2) is 4.98 Å². The van der Waals surface area contributed by atoms with Crippen LogP contribution in [0.5, 0.6) is 0 Å². The van der Waals surface area contributed by atoms with Gasteiger partial charge in [-0.1, -0.05) is 40.7 Å². The summed E-state index contributed by atoms with van der Waals surface area (Å²) >= 11 is 1.85. The van der Waals surface area contributed by atoms with Gasteiger partial charge in [-0.2, -0.15) is 0 Å². The summed E-state index contributed by atoms with van der Waals surface area (Å²) < 4.78 is 0. The van der Waals surface area contributed by atoms with Crippen molar-refractivity contribution in [3.63, 3.8) is 0 Å². The fourth-order valence-electron chi connectivity index (χ4n) is 1.34. The molecule has 0 saturated carbocycles. The van der Waals surface area contributed by atoms with Crippen LogP contribution >= 0.6 is 11.3 Å². The van der Waals surface area contributed by atoms with E-state index in [0.717, 1.165) is 12.1 Å². The Bertz CT molecular complexity index is 415. The number of aryl methyl sites for hydroxylation is 2. The van der Waals surface area contributed by atoms with Crippen LogP contribution < -0.4 is 0 Å². The van der Waals surface area contributed by atoms with Gasteiger partial charge in [0, 0.05) is 27.2 Å². The molecule has 0 N–H and O–H groups in total. The van der Waals surface area contributed by atoms with Crippen LogP contribution in [0.4, 0.5) is 0 Å². The van der Waals surface area contributed by atoms with Crippen molar-refractivity contribution in [2.24, 2.45) is 0 Å². The summed E-state index contributed by atoms with van der Waals surface area (Å²) in [6.07, 6.45) is 3.06. The minimum Gasteiger partial charge on any atom is -0.261 e. The zero-order valence-electron chi connectivity index (χ0n) is 12.4. The van der Waals surface area contributed by atoms with Crippen molar-refractivity contribution < 1.29 is 0 Å². The minimum atomic E-state index is 1.07. The van der Waals surface area contributed by atoms with E-state index in [1.807, 2.05) is 52.2 Å². The highest BCUT2D eigenvalue weighted by Gasteiger charge is 2.01. The maximum absolute atomic E-state index is 4.30. The van der Waals surface area contributed by atoms with Crippen LogP contribution in [0.15, 0.2) is 30.5 Å². The number of pyridine rings is 1. The van der Waals surface area contributed by atoms with Gasteiger partial charge in [0.25, 0.3) is 0 Å². The lowest BCUT2D eigenvalue weighted by Gasteiger charge is -1.96. The zero-order chi connectivity index (χ0) is 14.0. The molecule has 2 heteroatoms. The van der Waals surface area contributed by atoms with E-state index in [4.69, 9.17) is 0 Å².